The van der Waals surface area contributed by atoms with E-state index in [1.54, 1.807) is 23.9 Å². The number of esters is 1. The second-order valence-electron chi connectivity index (χ2n) is 5.67. The van der Waals surface area contributed by atoms with Crippen molar-refractivity contribution in [3.8, 4) is 0 Å². The lowest BCUT2D eigenvalue weighted by Gasteiger charge is -2.20. The first-order valence-corrected chi connectivity index (χ1v) is 9.05. The molecule has 0 saturated carbocycles. The highest BCUT2D eigenvalue weighted by Crippen LogP contribution is 2.22. The molecule has 5 heteroatoms. The fraction of sp³-hybridized carbons (Fsp3) is 0.263. The minimum Gasteiger partial charge on any atom is -0.459 e. The smallest absolute Gasteiger partial charge is 0.310 e. The number of rotatable bonds is 5. The molecule has 0 radical (unpaired) electrons. The molecule has 0 aliphatic carbocycles. The molecule has 1 aliphatic rings. The summed E-state index contributed by atoms with van der Waals surface area (Å²) in [6, 6.07) is 18.4. The van der Waals surface area contributed by atoms with E-state index in [4.69, 9.17) is 4.74 Å². The molecule has 0 bridgehead atoms. The molecule has 3 rings (SSSR count). The van der Waals surface area contributed by atoms with E-state index < -0.39 is 0 Å². The van der Waals surface area contributed by atoms with Crippen molar-refractivity contribution in [2.24, 2.45) is 0 Å². The number of benzene rings is 2. The molecule has 1 fully saturated rings. The zero-order valence-electron chi connectivity index (χ0n) is 13.2. The molecular formula is C19H19NO3S. The fourth-order valence-corrected chi connectivity index (χ4v) is 3.82. The fourth-order valence-electron chi connectivity index (χ4n) is 2.60. The third-order valence-corrected chi connectivity index (χ3v) is 5.01. The van der Waals surface area contributed by atoms with Gasteiger partial charge in [-0.3, -0.25) is 9.59 Å². The third kappa shape index (κ3) is 4.38. The molecule has 124 valence electrons. The number of carbonyl (C=O) groups excluding carboxylic acids is 2. The minimum absolute atomic E-state index is 0.132. The van der Waals surface area contributed by atoms with Crippen molar-refractivity contribution in [1.82, 2.24) is 5.32 Å². The van der Waals surface area contributed by atoms with E-state index in [9.17, 15) is 9.59 Å². The first kappa shape index (κ1) is 16.6. The minimum atomic E-state index is -0.279. The molecule has 1 amide bonds. The van der Waals surface area contributed by atoms with Crippen molar-refractivity contribution in [3.63, 3.8) is 0 Å². The molecule has 0 spiro atoms. The Morgan fingerprint density at radius 2 is 1.67 bits per heavy atom. The number of hydrogen-bond donors (Lipinski definition) is 1. The average molecular weight is 341 g/mol. The standard InChI is InChI=1S/C19H19NO3S/c21-18(11-14-7-3-1-4-8-14)23-17-13-24-12-16(17)20-19(22)15-9-5-2-6-10-15/h1-10,16-17H,11-13H2,(H,20,22)/t16-,17+/m0/s1. The van der Waals surface area contributed by atoms with E-state index in [-0.39, 0.29) is 30.4 Å². The molecule has 2 aromatic carbocycles. The summed E-state index contributed by atoms with van der Waals surface area (Å²) in [6.07, 6.45) is -0.0275. The quantitative estimate of drug-likeness (QED) is 0.850. The highest BCUT2D eigenvalue weighted by molar-refractivity contribution is 7.99. The maximum absolute atomic E-state index is 12.3. The van der Waals surface area contributed by atoms with E-state index in [0.717, 1.165) is 11.3 Å². The summed E-state index contributed by atoms with van der Waals surface area (Å²) in [5, 5.41) is 2.98. The summed E-state index contributed by atoms with van der Waals surface area (Å²) in [7, 11) is 0. The molecule has 1 N–H and O–H groups in total. The number of hydrogen-bond acceptors (Lipinski definition) is 4. The predicted octanol–water partition coefficient (Wildman–Crippen LogP) is 2.69. The maximum Gasteiger partial charge on any atom is 0.310 e. The molecular weight excluding hydrogens is 322 g/mol. The van der Waals surface area contributed by atoms with Gasteiger partial charge in [0, 0.05) is 17.1 Å². The normalized spacial score (nSPS) is 19.7. The van der Waals surface area contributed by atoms with Crippen molar-refractivity contribution < 1.29 is 14.3 Å². The van der Waals surface area contributed by atoms with E-state index in [2.05, 4.69) is 5.32 Å². The molecule has 1 aliphatic heterocycles. The van der Waals surface area contributed by atoms with Gasteiger partial charge in [0.1, 0.15) is 6.10 Å². The van der Waals surface area contributed by atoms with Crippen LogP contribution in [0.25, 0.3) is 0 Å². The first-order chi connectivity index (χ1) is 11.7. The van der Waals surface area contributed by atoms with Crippen LogP contribution in [0.1, 0.15) is 15.9 Å². The molecule has 1 saturated heterocycles. The van der Waals surface area contributed by atoms with Crippen molar-refractivity contribution in [2.75, 3.05) is 11.5 Å². The van der Waals surface area contributed by atoms with Gasteiger partial charge >= 0.3 is 5.97 Å². The Balaban J connectivity index is 1.55. The Bertz CT molecular complexity index is 690. The summed E-state index contributed by atoms with van der Waals surface area (Å²) < 4.78 is 5.59. The van der Waals surface area contributed by atoms with Crippen LogP contribution in [0.4, 0.5) is 0 Å². The van der Waals surface area contributed by atoms with E-state index >= 15 is 0 Å². The number of nitrogens with one attached hydrogen (secondary N) is 1. The van der Waals surface area contributed by atoms with Crippen LogP contribution < -0.4 is 5.32 Å². The van der Waals surface area contributed by atoms with Gasteiger partial charge in [0.2, 0.25) is 0 Å². The van der Waals surface area contributed by atoms with Gasteiger partial charge in [-0.05, 0) is 17.7 Å². The van der Waals surface area contributed by atoms with Crippen LogP contribution in [0, 0.1) is 0 Å². The lowest BCUT2D eigenvalue weighted by atomic mass is 10.1. The highest BCUT2D eigenvalue weighted by Gasteiger charge is 2.32. The van der Waals surface area contributed by atoms with Crippen LogP contribution in [0.15, 0.2) is 60.7 Å². The summed E-state index contributed by atoms with van der Waals surface area (Å²) in [4.78, 5) is 24.4. The van der Waals surface area contributed by atoms with Crippen LogP contribution >= 0.6 is 11.8 Å². The topological polar surface area (TPSA) is 55.4 Å². The van der Waals surface area contributed by atoms with E-state index in [1.165, 1.54) is 0 Å². The number of thioether (sulfide) groups is 1. The average Bonchev–Trinajstić information content (AvgIpc) is 3.03. The SMILES string of the molecule is O=C(Cc1ccccc1)O[C@@H]1CSC[C@@H]1NC(=O)c1ccccc1. The Labute approximate surface area is 145 Å². The van der Waals surface area contributed by atoms with Gasteiger partial charge in [-0.1, -0.05) is 48.5 Å². The Hall–Kier alpha value is -2.27. The molecule has 0 unspecified atom stereocenters. The van der Waals surface area contributed by atoms with Crippen molar-refractivity contribution in [2.45, 2.75) is 18.6 Å². The second kappa shape index (κ2) is 8.02. The van der Waals surface area contributed by atoms with E-state index in [0.29, 0.717) is 11.3 Å². The van der Waals surface area contributed by atoms with Gasteiger partial charge in [-0.2, -0.15) is 11.8 Å². The van der Waals surface area contributed by atoms with Crippen LogP contribution in [-0.2, 0) is 16.0 Å². The molecule has 2 aromatic rings. The number of ether oxygens (including phenoxy) is 1. The third-order valence-electron chi connectivity index (χ3n) is 3.85. The van der Waals surface area contributed by atoms with Crippen LogP contribution in [0.3, 0.4) is 0 Å². The first-order valence-electron chi connectivity index (χ1n) is 7.89. The Kier molecular flexibility index (Phi) is 5.54. The van der Waals surface area contributed by atoms with Gasteiger partial charge in [0.15, 0.2) is 0 Å². The van der Waals surface area contributed by atoms with Crippen LogP contribution in [0.2, 0.25) is 0 Å². The van der Waals surface area contributed by atoms with E-state index in [1.807, 2.05) is 48.5 Å². The molecule has 0 aromatic heterocycles. The second-order valence-corrected chi connectivity index (χ2v) is 6.75. The van der Waals surface area contributed by atoms with Gasteiger partial charge in [0.05, 0.1) is 12.5 Å². The number of carbonyl (C=O) groups is 2. The van der Waals surface area contributed by atoms with Crippen molar-refractivity contribution in [1.29, 1.82) is 0 Å². The number of amides is 1. The summed E-state index contributed by atoms with van der Waals surface area (Å²) >= 11 is 1.68. The molecule has 4 nitrogen and oxygen atoms in total. The predicted molar refractivity (Wildman–Crippen MR) is 95.0 cm³/mol. The molecule has 2 atom stereocenters. The van der Waals surface area contributed by atoms with Gasteiger partial charge < -0.3 is 10.1 Å². The van der Waals surface area contributed by atoms with Crippen LogP contribution in [-0.4, -0.2) is 35.5 Å². The molecule has 1 heterocycles. The van der Waals surface area contributed by atoms with Crippen LogP contribution in [0.5, 0.6) is 0 Å². The maximum atomic E-state index is 12.3. The summed E-state index contributed by atoms with van der Waals surface area (Å²) in [5.74, 6) is 1.07. The van der Waals surface area contributed by atoms with Gasteiger partial charge in [0.25, 0.3) is 5.91 Å². The Morgan fingerprint density at radius 3 is 2.38 bits per heavy atom. The zero-order valence-corrected chi connectivity index (χ0v) is 14.0. The van der Waals surface area contributed by atoms with Gasteiger partial charge in [-0.25, -0.2) is 0 Å². The monoisotopic (exact) mass is 341 g/mol. The zero-order chi connectivity index (χ0) is 16.8. The lowest BCUT2D eigenvalue weighted by molar-refractivity contribution is -0.147. The highest BCUT2D eigenvalue weighted by atomic mass is 32.2. The van der Waals surface area contributed by atoms with Crippen molar-refractivity contribution >= 4 is 23.6 Å². The van der Waals surface area contributed by atoms with Crippen molar-refractivity contribution in [3.05, 3.63) is 71.8 Å². The summed E-state index contributed by atoms with van der Waals surface area (Å²) in [5.41, 5.74) is 1.54. The lowest BCUT2D eigenvalue weighted by Crippen LogP contribution is -2.44. The Morgan fingerprint density at radius 1 is 1.00 bits per heavy atom. The largest absolute Gasteiger partial charge is 0.459 e. The molecule has 24 heavy (non-hydrogen) atoms. The van der Waals surface area contributed by atoms with Gasteiger partial charge in [-0.15, -0.1) is 0 Å². The summed E-state index contributed by atoms with van der Waals surface area (Å²) in [6.45, 7) is 0.